The molecule has 160 valence electrons. The Balaban J connectivity index is 1.86. The number of benzene rings is 2. The molecule has 0 aliphatic carbocycles. The van der Waals surface area contributed by atoms with E-state index in [-0.39, 0.29) is 28.3 Å². The Morgan fingerprint density at radius 3 is 2.38 bits per heavy atom. The molecule has 1 aromatic heterocycles. The molecular weight excluding hydrogens is 414 g/mol. The number of nitrogens with zero attached hydrogens (tertiary/aromatic N) is 2. The number of hydrogen-bond acceptors (Lipinski definition) is 6. The quantitative estimate of drug-likeness (QED) is 0.248. The second-order valence-corrected chi connectivity index (χ2v) is 6.92. The monoisotopic (exact) mass is 431 g/mol. The zero-order valence-electron chi connectivity index (χ0n) is 17.1. The third-order valence-corrected chi connectivity index (χ3v) is 4.74. The van der Waals surface area contributed by atoms with Gasteiger partial charge in [-0.2, -0.15) is 5.26 Å². The Kier molecular flexibility index (Phi) is 6.16. The van der Waals surface area contributed by atoms with Crippen LogP contribution in [0.5, 0.6) is 0 Å². The zero-order chi connectivity index (χ0) is 23.4. The van der Waals surface area contributed by atoms with Crippen LogP contribution >= 0.6 is 0 Å². The molecule has 2 N–H and O–H groups in total. The van der Waals surface area contributed by atoms with E-state index in [1.807, 2.05) is 6.92 Å². The fourth-order valence-corrected chi connectivity index (χ4v) is 2.91. The first-order chi connectivity index (χ1) is 15.2. The number of anilines is 1. The number of furan rings is 1. The molecule has 9 nitrogen and oxygen atoms in total. The van der Waals surface area contributed by atoms with Crippen molar-refractivity contribution in [2.24, 2.45) is 0 Å². The normalized spacial score (nSPS) is 11.0. The summed E-state index contributed by atoms with van der Waals surface area (Å²) in [6.45, 7) is 3.60. The molecule has 0 aliphatic rings. The van der Waals surface area contributed by atoms with Crippen molar-refractivity contribution in [2.45, 2.75) is 13.8 Å². The summed E-state index contributed by atoms with van der Waals surface area (Å²) >= 11 is 0. The lowest BCUT2D eigenvalue weighted by Gasteiger charge is -2.05. The van der Waals surface area contributed by atoms with Crippen LogP contribution in [0.25, 0.3) is 17.4 Å². The Morgan fingerprint density at radius 1 is 1.12 bits per heavy atom. The molecule has 1 amide bonds. The van der Waals surface area contributed by atoms with E-state index in [0.29, 0.717) is 11.3 Å². The number of hydrogen-bond donors (Lipinski definition) is 2. The first-order valence-corrected chi connectivity index (χ1v) is 9.32. The van der Waals surface area contributed by atoms with Crippen LogP contribution in [0.3, 0.4) is 0 Å². The van der Waals surface area contributed by atoms with Gasteiger partial charge in [-0.25, -0.2) is 4.79 Å². The summed E-state index contributed by atoms with van der Waals surface area (Å²) in [5, 5.41) is 32.2. The number of amides is 1. The molecule has 0 unspecified atom stereocenters. The van der Waals surface area contributed by atoms with E-state index in [4.69, 9.17) is 9.52 Å². The maximum absolute atomic E-state index is 12.4. The second kappa shape index (κ2) is 8.97. The lowest BCUT2D eigenvalue weighted by Crippen LogP contribution is -2.13. The highest BCUT2D eigenvalue weighted by Crippen LogP contribution is 2.34. The van der Waals surface area contributed by atoms with Gasteiger partial charge in [-0.1, -0.05) is 0 Å². The maximum atomic E-state index is 12.4. The Hall–Kier alpha value is -4.71. The van der Waals surface area contributed by atoms with E-state index >= 15 is 0 Å². The number of aryl methyl sites for hydroxylation is 2. The first kappa shape index (κ1) is 22.0. The van der Waals surface area contributed by atoms with E-state index in [2.05, 4.69) is 5.32 Å². The number of aromatic carboxylic acids is 1. The lowest BCUT2D eigenvalue weighted by molar-refractivity contribution is -0.384. The standard InChI is InChI=1S/C23H17N3O6/c1-13-9-19(20(26(30)31)10-14(13)2)21-8-7-18(32-21)11-16(12-24)22(27)25-17-5-3-15(4-6-17)23(28)29/h3-11H,1-2H3,(H,25,27)(H,28,29)/b16-11+. The van der Waals surface area contributed by atoms with Gasteiger partial charge in [0.25, 0.3) is 11.6 Å². The van der Waals surface area contributed by atoms with Crippen LogP contribution in [0.2, 0.25) is 0 Å². The van der Waals surface area contributed by atoms with Crippen LogP contribution in [0.1, 0.15) is 27.2 Å². The minimum absolute atomic E-state index is 0.0580. The SMILES string of the molecule is Cc1cc(-c2ccc(/C=C(\C#N)C(=O)Nc3ccc(C(=O)O)cc3)o2)c([N+](=O)[O-])cc1C. The van der Waals surface area contributed by atoms with Gasteiger partial charge in [0.1, 0.15) is 23.2 Å². The molecule has 32 heavy (non-hydrogen) atoms. The molecule has 0 atom stereocenters. The van der Waals surface area contributed by atoms with Gasteiger partial charge >= 0.3 is 5.97 Å². The minimum atomic E-state index is -1.10. The van der Waals surface area contributed by atoms with Crippen molar-refractivity contribution in [1.29, 1.82) is 5.26 Å². The van der Waals surface area contributed by atoms with Crippen molar-refractivity contribution in [2.75, 3.05) is 5.32 Å². The predicted molar refractivity (Wildman–Crippen MR) is 116 cm³/mol. The summed E-state index contributed by atoms with van der Waals surface area (Å²) in [7, 11) is 0. The molecule has 0 spiro atoms. The molecule has 0 fully saturated rings. The number of nitro benzene ring substituents is 1. The molecule has 3 aromatic rings. The molecule has 0 bridgehead atoms. The van der Waals surface area contributed by atoms with Crippen LogP contribution in [0.4, 0.5) is 11.4 Å². The number of nitrogens with one attached hydrogen (secondary N) is 1. The van der Waals surface area contributed by atoms with Crippen LogP contribution in [0.15, 0.2) is 58.5 Å². The Morgan fingerprint density at radius 2 is 1.78 bits per heavy atom. The van der Waals surface area contributed by atoms with Crippen LogP contribution in [-0.4, -0.2) is 21.9 Å². The highest BCUT2D eigenvalue weighted by Gasteiger charge is 2.20. The molecule has 0 saturated heterocycles. The molecule has 3 rings (SSSR count). The number of nitriles is 1. The summed E-state index contributed by atoms with van der Waals surface area (Å²) in [4.78, 5) is 34.3. The van der Waals surface area contributed by atoms with Gasteiger partial charge in [-0.15, -0.1) is 0 Å². The van der Waals surface area contributed by atoms with E-state index in [1.54, 1.807) is 19.1 Å². The van der Waals surface area contributed by atoms with Gasteiger partial charge in [0.15, 0.2) is 0 Å². The van der Waals surface area contributed by atoms with Gasteiger partial charge in [0.05, 0.1) is 16.1 Å². The average Bonchev–Trinajstić information content (AvgIpc) is 3.22. The summed E-state index contributed by atoms with van der Waals surface area (Å²) in [5.74, 6) is -1.42. The predicted octanol–water partition coefficient (Wildman–Crippen LogP) is 4.72. The summed E-state index contributed by atoms with van der Waals surface area (Å²) in [5.41, 5.74) is 1.91. The smallest absolute Gasteiger partial charge is 0.335 e. The number of carbonyl (C=O) groups is 2. The fourth-order valence-electron chi connectivity index (χ4n) is 2.91. The van der Waals surface area contributed by atoms with Crippen LogP contribution in [-0.2, 0) is 4.79 Å². The lowest BCUT2D eigenvalue weighted by atomic mass is 10.0. The zero-order valence-corrected chi connectivity index (χ0v) is 17.1. The highest BCUT2D eigenvalue weighted by atomic mass is 16.6. The van der Waals surface area contributed by atoms with Crippen LogP contribution < -0.4 is 5.32 Å². The third-order valence-electron chi connectivity index (χ3n) is 4.74. The van der Waals surface area contributed by atoms with Crippen molar-refractivity contribution in [3.05, 3.63) is 86.7 Å². The largest absolute Gasteiger partial charge is 0.478 e. The Bertz CT molecular complexity index is 1300. The average molecular weight is 431 g/mol. The number of carbonyl (C=O) groups excluding carboxylic acids is 1. The van der Waals surface area contributed by atoms with E-state index in [9.17, 15) is 25.0 Å². The number of carboxylic acid groups (broad SMARTS) is 1. The van der Waals surface area contributed by atoms with E-state index in [0.717, 1.165) is 11.1 Å². The Labute approximate surface area is 182 Å². The second-order valence-electron chi connectivity index (χ2n) is 6.92. The third kappa shape index (κ3) is 4.71. The number of carboxylic acids is 1. The van der Waals surface area contributed by atoms with Crippen molar-refractivity contribution >= 4 is 29.3 Å². The number of rotatable bonds is 6. The molecule has 0 saturated carbocycles. The van der Waals surface area contributed by atoms with Gasteiger partial charge in [-0.3, -0.25) is 14.9 Å². The van der Waals surface area contributed by atoms with Crippen molar-refractivity contribution in [3.63, 3.8) is 0 Å². The molecule has 9 heteroatoms. The molecular formula is C23H17N3O6. The fraction of sp³-hybridized carbons (Fsp3) is 0.0870. The van der Waals surface area contributed by atoms with E-state index in [1.165, 1.54) is 48.5 Å². The van der Waals surface area contributed by atoms with Crippen molar-refractivity contribution in [1.82, 2.24) is 0 Å². The molecule has 2 aromatic carbocycles. The van der Waals surface area contributed by atoms with Crippen molar-refractivity contribution < 1.29 is 24.0 Å². The molecule has 0 radical (unpaired) electrons. The molecule has 0 aliphatic heterocycles. The summed E-state index contributed by atoms with van der Waals surface area (Å²) in [6, 6.07) is 13.4. The maximum Gasteiger partial charge on any atom is 0.335 e. The van der Waals surface area contributed by atoms with Crippen LogP contribution in [0, 0.1) is 35.3 Å². The van der Waals surface area contributed by atoms with Gasteiger partial charge in [-0.05, 0) is 67.4 Å². The summed E-state index contributed by atoms with van der Waals surface area (Å²) in [6.07, 6.45) is 1.22. The van der Waals surface area contributed by atoms with Crippen molar-refractivity contribution in [3.8, 4) is 17.4 Å². The summed E-state index contributed by atoms with van der Waals surface area (Å²) < 4.78 is 5.65. The topological polar surface area (TPSA) is 146 Å². The van der Waals surface area contributed by atoms with Gasteiger partial charge < -0.3 is 14.8 Å². The highest BCUT2D eigenvalue weighted by molar-refractivity contribution is 6.09. The number of nitro groups is 1. The van der Waals surface area contributed by atoms with E-state index < -0.39 is 16.8 Å². The van der Waals surface area contributed by atoms with Gasteiger partial charge in [0.2, 0.25) is 0 Å². The first-order valence-electron chi connectivity index (χ1n) is 9.32. The van der Waals surface area contributed by atoms with Gasteiger partial charge in [0, 0.05) is 17.8 Å². The minimum Gasteiger partial charge on any atom is -0.478 e. The molecule has 1 heterocycles.